The van der Waals surface area contributed by atoms with E-state index in [0.717, 1.165) is 5.82 Å². The lowest BCUT2D eigenvalue weighted by atomic mass is 9.96. The zero-order chi connectivity index (χ0) is 12.8. The first-order valence-electron chi connectivity index (χ1n) is 6.51. The molecular formula is C17H14N2. The Labute approximate surface area is 112 Å². The van der Waals surface area contributed by atoms with E-state index < -0.39 is 0 Å². The zero-order valence-electron chi connectivity index (χ0n) is 10.7. The molecule has 1 aliphatic rings. The van der Waals surface area contributed by atoms with Gasteiger partial charge in [0.05, 0.1) is 5.92 Å². The maximum Gasteiger partial charge on any atom is 0.120 e. The van der Waals surface area contributed by atoms with Gasteiger partial charge in [-0.15, -0.1) is 0 Å². The van der Waals surface area contributed by atoms with E-state index in [1.54, 1.807) is 0 Å². The lowest BCUT2D eigenvalue weighted by Crippen LogP contribution is -2.06. The summed E-state index contributed by atoms with van der Waals surface area (Å²) < 4.78 is 2.11. The lowest BCUT2D eigenvalue weighted by Gasteiger charge is -2.13. The zero-order valence-corrected chi connectivity index (χ0v) is 10.7. The number of aromatic nitrogens is 2. The highest BCUT2D eigenvalue weighted by Gasteiger charge is 2.31. The Kier molecular flexibility index (Phi) is 2.12. The average Bonchev–Trinajstić information content (AvgIpc) is 3.00. The van der Waals surface area contributed by atoms with Crippen LogP contribution in [0, 0.1) is 0 Å². The van der Waals surface area contributed by atoms with Crippen molar-refractivity contribution in [3.05, 3.63) is 77.9 Å². The third-order valence-electron chi connectivity index (χ3n) is 3.95. The van der Waals surface area contributed by atoms with Gasteiger partial charge in [0.1, 0.15) is 5.82 Å². The van der Waals surface area contributed by atoms with Crippen LogP contribution in [0.3, 0.4) is 0 Å². The summed E-state index contributed by atoms with van der Waals surface area (Å²) in [6.07, 6.45) is 3.89. The quantitative estimate of drug-likeness (QED) is 0.502. The van der Waals surface area contributed by atoms with E-state index in [1.165, 1.54) is 22.3 Å². The Morgan fingerprint density at radius 2 is 1.47 bits per heavy atom. The fourth-order valence-corrected chi connectivity index (χ4v) is 3.09. The highest BCUT2D eigenvalue weighted by atomic mass is 15.0. The van der Waals surface area contributed by atoms with Gasteiger partial charge < -0.3 is 4.57 Å². The van der Waals surface area contributed by atoms with Crippen molar-refractivity contribution < 1.29 is 0 Å². The van der Waals surface area contributed by atoms with Gasteiger partial charge in [-0.05, 0) is 22.3 Å². The van der Waals surface area contributed by atoms with E-state index in [9.17, 15) is 0 Å². The van der Waals surface area contributed by atoms with Crippen LogP contribution in [0.25, 0.3) is 11.1 Å². The van der Waals surface area contributed by atoms with Gasteiger partial charge in [0, 0.05) is 19.4 Å². The number of nitrogens with zero attached hydrogens (tertiary/aromatic N) is 2. The molecule has 0 amide bonds. The standard InChI is InChI=1S/C17H14N2/c1-19-11-10-18-17(19)16-14-8-4-2-6-12(14)13-7-3-5-9-15(13)16/h2-11,16H,1H3. The number of imidazole rings is 1. The normalized spacial score (nSPS) is 13.3. The summed E-state index contributed by atoms with van der Waals surface area (Å²) in [7, 11) is 2.06. The molecule has 0 saturated heterocycles. The number of hydrogen-bond donors (Lipinski definition) is 0. The SMILES string of the molecule is Cn1ccnc1C1c2ccccc2-c2ccccc21. The monoisotopic (exact) mass is 246 g/mol. The van der Waals surface area contributed by atoms with E-state index >= 15 is 0 Å². The van der Waals surface area contributed by atoms with Gasteiger partial charge in [0.2, 0.25) is 0 Å². The summed E-state index contributed by atoms with van der Waals surface area (Å²) in [5.41, 5.74) is 5.40. The van der Waals surface area contributed by atoms with Crippen LogP contribution in [-0.2, 0) is 7.05 Å². The van der Waals surface area contributed by atoms with Crippen LogP contribution < -0.4 is 0 Å². The van der Waals surface area contributed by atoms with Crippen LogP contribution in [-0.4, -0.2) is 9.55 Å². The minimum Gasteiger partial charge on any atom is -0.337 e. The predicted molar refractivity (Wildman–Crippen MR) is 76.0 cm³/mol. The molecule has 0 bridgehead atoms. The van der Waals surface area contributed by atoms with E-state index in [0.29, 0.717) is 0 Å². The first kappa shape index (κ1) is 10.6. The summed E-state index contributed by atoms with van der Waals surface area (Å²) in [5.74, 6) is 1.37. The van der Waals surface area contributed by atoms with Crippen molar-refractivity contribution in [2.24, 2.45) is 7.05 Å². The van der Waals surface area contributed by atoms with Gasteiger partial charge in [-0.2, -0.15) is 0 Å². The molecule has 19 heavy (non-hydrogen) atoms. The van der Waals surface area contributed by atoms with Crippen molar-refractivity contribution in [1.82, 2.24) is 9.55 Å². The Bertz CT molecular complexity index is 710. The molecule has 0 aliphatic heterocycles. The van der Waals surface area contributed by atoms with Crippen LogP contribution in [0.2, 0.25) is 0 Å². The van der Waals surface area contributed by atoms with Gasteiger partial charge in [0.15, 0.2) is 0 Å². The summed E-state index contributed by atoms with van der Waals surface area (Å²) in [5, 5.41) is 0. The number of benzene rings is 2. The predicted octanol–water partition coefficient (Wildman–Crippen LogP) is 3.58. The molecule has 3 aromatic rings. The Balaban J connectivity index is 2.04. The molecule has 1 aliphatic carbocycles. The molecule has 1 heterocycles. The summed E-state index contributed by atoms with van der Waals surface area (Å²) in [6, 6.07) is 17.3. The van der Waals surface area contributed by atoms with Crippen LogP contribution in [0.5, 0.6) is 0 Å². The van der Waals surface area contributed by atoms with Gasteiger partial charge in [-0.1, -0.05) is 48.5 Å². The van der Waals surface area contributed by atoms with Gasteiger partial charge in [0.25, 0.3) is 0 Å². The van der Waals surface area contributed by atoms with Crippen molar-refractivity contribution in [3.63, 3.8) is 0 Å². The molecule has 2 heteroatoms. The van der Waals surface area contributed by atoms with E-state index in [2.05, 4.69) is 65.1 Å². The molecule has 1 aromatic heterocycles. The van der Waals surface area contributed by atoms with Crippen LogP contribution in [0.1, 0.15) is 22.9 Å². The van der Waals surface area contributed by atoms with Crippen LogP contribution in [0.15, 0.2) is 60.9 Å². The third-order valence-corrected chi connectivity index (χ3v) is 3.95. The maximum atomic E-state index is 4.56. The first-order chi connectivity index (χ1) is 9.36. The summed E-state index contributed by atoms with van der Waals surface area (Å²) in [6.45, 7) is 0. The van der Waals surface area contributed by atoms with Crippen molar-refractivity contribution in [2.75, 3.05) is 0 Å². The summed E-state index contributed by atoms with van der Waals surface area (Å²) in [4.78, 5) is 4.56. The minimum atomic E-state index is 0.257. The van der Waals surface area contributed by atoms with Crippen LogP contribution >= 0.6 is 0 Å². The van der Waals surface area contributed by atoms with Gasteiger partial charge >= 0.3 is 0 Å². The molecule has 92 valence electrons. The molecule has 4 rings (SSSR count). The van der Waals surface area contributed by atoms with Crippen molar-refractivity contribution in [3.8, 4) is 11.1 Å². The summed E-state index contributed by atoms with van der Waals surface area (Å²) >= 11 is 0. The molecule has 2 nitrogen and oxygen atoms in total. The molecule has 2 aromatic carbocycles. The Morgan fingerprint density at radius 1 is 0.895 bits per heavy atom. The molecule has 0 N–H and O–H groups in total. The lowest BCUT2D eigenvalue weighted by molar-refractivity contribution is 0.773. The number of fused-ring (bicyclic) bond motifs is 3. The molecule has 0 atom stereocenters. The number of hydrogen-bond acceptors (Lipinski definition) is 1. The molecule has 0 radical (unpaired) electrons. The maximum absolute atomic E-state index is 4.56. The largest absolute Gasteiger partial charge is 0.337 e. The smallest absolute Gasteiger partial charge is 0.120 e. The first-order valence-corrected chi connectivity index (χ1v) is 6.51. The fraction of sp³-hybridized carbons (Fsp3) is 0.118. The highest BCUT2D eigenvalue weighted by Crippen LogP contribution is 2.46. The Hall–Kier alpha value is -2.35. The number of rotatable bonds is 1. The fourth-order valence-electron chi connectivity index (χ4n) is 3.09. The molecule has 0 spiro atoms. The third kappa shape index (κ3) is 1.40. The van der Waals surface area contributed by atoms with E-state index in [-0.39, 0.29) is 5.92 Å². The number of aryl methyl sites for hydroxylation is 1. The topological polar surface area (TPSA) is 17.8 Å². The van der Waals surface area contributed by atoms with Gasteiger partial charge in [-0.3, -0.25) is 0 Å². The van der Waals surface area contributed by atoms with E-state index in [4.69, 9.17) is 0 Å². The van der Waals surface area contributed by atoms with Crippen LogP contribution in [0.4, 0.5) is 0 Å². The molecule has 0 saturated carbocycles. The molecule has 0 unspecified atom stereocenters. The van der Waals surface area contributed by atoms with E-state index in [1.807, 2.05) is 12.4 Å². The minimum absolute atomic E-state index is 0.257. The second kappa shape index (κ2) is 3.82. The van der Waals surface area contributed by atoms with Crippen molar-refractivity contribution >= 4 is 0 Å². The average molecular weight is 246 g/mol. The highest BCUT2D eigenvalue weighted by molar-refractivity contribution is 5.80. The van der Waals surface area contributed by atoms with Crippen molar-refractivity contribution in [1.29, 1.82) is 0 Å². The van der Waals surface area contributed by atoms with Crippen molar-refractivity contribution in [2.45, 2.75) is 5.92 Å². The Morgan fingerprint density at radius 3 is 2.00 bits per heavy atom. The second-order valence-corrected chi connectivity index (χ2v) is 5.00. The van der Waals surface area contributed by atoms with Gasteiger partial charge in [-0.25, -0.2) is 4.98 Å². The molecule has 0 fully saturated rings. The second-order valence-electron chi connectivity index (χ2n) is 5.00. The molecular weight excluding hydrogens is 232 g/mol.